The lowest BCUT2D eigenvalue weighted by Crippen LogP contribution is -2.13. The van der Waals surface area contributed by atoms with Crippen molar-refractivity contribution in [2.24, 2.45) is 0 Å². The van der Waals surface area contributed by atoms with Crippen molar-refractivity contribution in [3.05, 3.63) is 36.3 Å². The van der Waals surface area contributed by atoms with Gasteiger partial charge in [0.2, 0.25) is 0 Å². The number of nitrogens with zero attached hydrogens (tertiary/aromatic N) is 1. The van der Waals surface area contributed by atoms with Crippen molar-refractivity contribution in [1.82, 2.24) is 9.97 Å². The Labute approximate surface area is 110 Å². The molecular formula is C11H13N3O2S2. The number of hydrogen-bond donors (Lipinski definition) is 2. The molecule has 96 valence electrons. The predicted octanol–water partition coefficient (Wildman–Crippen LogP) is 2.24. The van der Waals surface area contributed by atoms with Crippen LogP contribution in [0.1, 0.15) is 5.82 Å². The molecule has 0 radical (unpaired) electrons. The van der Waals surface area contributed by atoms with E-state index in [1.807, 2.05) is 18.4 Å². The number of nitrogens with one attached hydrogen (secondary N) is 2. The second-order valence-electron chi connectivity index (χ2n) is 3.67. The Morgan fingerprint density at radius 2 is 1.94 bits per heavy atom. The first kappa shape index (κ1) is 13.0. The summed E-state index contributed by atoms with van der Waals surface area (Å²) >= 11 is 1.60. The van der Waals surface area contributed by atoms with Crippen LogP contribution in [0.15, 0.2) is 40.4 Å². The van der Waals surface area contributed by atoms with Gasteiger partial charge in [0.1, 0.15) is 5.82 Å². The van der Waals surface area contributed by atoms with Crippen LogP contribution in [0.3, 0.4) is 0 Å². The summed E-state index contributed by atoms with van der Waals surface area (Å²) in [4.78, 5) is 7.65. The van der Waals surface area contributed by atoms with Crippen LogP contribution in [-0.2, 0) is 10.0 Å². The summed E-state index contributed by atoms with van der Waals surface area (Å²) in [5.41, 5.74) is 0.528. The summed E-state index contributed by atoms with van der Waals surface area (Å²) in [5.74, 6) is 0.563. The van der Waals surface area contributed by atoms with Crippen molar-refractivity contribution in [3.8, 4) is 0 Å². The van der Waals surface area contributed by atoms with Gasteiger partial charge in [-0.1, -0.05) is 0 Å². The molecule has 0 aliphatic rings. The van der Waals surface area contributed by atoms with Crippen LogP contribution >= 0.6 is 11.8 Å². The highest BCUT2D eigenvalue weighted by atomic mass is 32.2. The molecule has 0 fully saturated rings. The van der Waals surface area contributed by atoms with E-state index in [1.165, 1.54) is 6.20 Å². The molecule has 0 aliphatic carbocycles. The van der Waals surface area contributed by atoms with Gasteiger partial charge < -0.3 is 4.98 Å². The van der Waals surface area contributed by atoms with Crippen LogP contribution in [0.5, 0.6) is 0 Å². The van der Waals surface area contributed by atoms with Gasteiger partial charge in [-0.2, -0.15) is 8.42 Å². The molecule has 5 nitrogen and oxygen atoms in total. The van der Waals surface area contributed by atoms with E-state index < -0.39 is 10.0 Å². The molecule has 0 saturated carbocycles. The Morgan fingerprint density at radius 1 is 1.28 bits per heavy atom. The Balaban J connectivity index is 2.22. The first-order chi connectivity index (χ1) is 8.51. The predicted molar refractivity (Wildman–Crippen MR) is 72.4 cm³/mol. The fraction of sp³-hybridized carbons (Fsp3) is 0.182. The highest BCUT2D eigenvalue weighted by Crippen LogP contribution is 2.19. The topological polar surface area (TPSA) is 74.8 Å². The van der Waals surface area contributed by atoms with Crippen molar-refractivity contribution < 1.29 is 8.42 Å². The molecule has 2 aromatic rings. The highest BCUT2D eigenvalue weighted by Gasteiger charge is 2.16. The molecule has 0 saturated heterocycles. The number of thioether (sulfide) groups is 1. The summed E-state index contributed by atoms with van der Waals surface area (Å²) in [7, 11) is -3.59. The first-order valence-electron chi connectivity index (χ1n) is 5.20. The van der Waals surface area contributed by atoms with Crippen molar-refractivity contribution in [3.63, 3.8) is 0 Å². The van der Waals surface area contributed by atoms with Crippen LogP contribution in [0.4, 0.5) is 5.69 Å². The molecule has 0 aliphatic heterocycles. The molecule has 18 heavy (non-hydrogen) atoms. The van der Waals surface area contributed by atoms with E-state index in [9.17, 15) is 8.42 Å². The zero-order chi connectivity index (χ0) is 13.2. The number of aryl methyl sites for hydroxylation is 1. The van der Waals surface area contributed by atoms with Gasteiger partial charge >= 0.3 is 0 Å². The highest BCUT2D eigenvalue weighted by molar-refractivity contribution is 7.98. The van der Waals surface area contributed by atoms with Gasteiger partial charge in [-0.3, -0.25) is 4.72 Å². The molecule has 0 unspecified atom stereocenters. The summed E-state index contributed by atoms with van der Waals surface area (Å²) in [6, 6.07) is 7.18. The third kappa shape index (κ3) is 2.85. The van der Waals surface area contributed by atoms with Crippen LogP contribution in [0, 0.1) is 6.92 Å². The Kier molecular flexibility index (Phi) is 3.63. The molecule has 1 aromatic carbocycles. The quantitative estimate of drug-likeness (QED) is 0.844. The number of benzene rings is 1. The zero-order valence-electron chi connectivity index (χ0n) is 9.97. The minimum atomic E-state index is -3.59. The van der Waals surface area contributed by atoms with Gasteiger partial charge in [-0.15, -0.1) is 11.8 Å². The normalized spacial score (nSPS) is 11.4. The molecule has 2 rings (SSSR count). The summed E-state index contributed by atoms with van der Waals surface area (Å²) in [6.45, 7) is 1.70. The van der Waals surface area contributed by atoms with Gasteiger partial charge in [-0.25, -0.2) is 4.98 Å². The van der Waals surface area contributed by atoms with Crippen molar-refractivity contribution in [2.45, 2.75) is 16.8 Å². The van der Waals surface area contributed by atoms with Gasteiger partial charge in [0, 0.05) is 10.6 Å². The van der Waals surface area contributed by atoms with E-state index in [2.05, 4.69) is 14.7 Å². The Hall–Kier alpha value is -1.47. The number of aromatic amines is 1. The average molecular weight is 283 g/mol. The summed E-state index contributed by atoms with van der Waals surface area (Å²) in [6.07, 6.45) is 3.26. The first-order valence-corrected chi connectivity index (χ1v) is 7.90. The zero-order valence-corrected chi connectivity index (χ0v) is 11.6. The number of anilines is 1. The van der Waals surface area contributed by atoms with Gasteiger partial charge in [-0.05, 0) is 37.4 Å². The number of sulfonamides is 1. The molecule has 0 spiro atoms. The third-order valence-corrected chi connectivity index (χ3v) is 4.35. The summed E-state index contributed by atoms with van der Waals surface area (Å²) < 4.78 is 26.5. The van der Waals surface area contributed by atoms with Crippen LogP contribution in [0.2, 0.25) is 0 Å². The van der Waals surface area contributed by atoms with Gasteiger partial charge in [0.05, 0.1) is 6.20 Å². The lowest BCUT2D eigenvalue weighted by Gasteiger charge is -2.06. The van der Waals surface area contributed by atoms with Crippen LogP contribution in [0.25, 0.3) is 0 Å². The van der Waals surface area contributed by atoms with Crippen LogP contribution in [-0.4, -0.2) is 24.6 Å². The third-order valence-electron chi connectivity index (χ3n) is 2.31. The monoisotopic (exact) mass is 283 g/mol. The average Bonchev–Trinajstić information content (AvgIpc) is 2.77. The molecule has 0 bridgehead atoms. The number of rotatable bonds is 4. The Morgan fingerprint density at radius 3 is 2.44 bits per heavy atom. The standard InChI is InChI=1S/C11H13N3O2S2/c1-8-12-7-11(13-8)18(15,16)14-9-3-5-10(17-2)6-4-9/h3-7,14H,1-2H3,(H,12,13). The van der Waals surface area contributed by atoms with Gasteiger partial charge in [0.15, 0.2) is 5.03 Å². The largest absolute Gasteiger partial charge is 0.332 e. The summed E-state index contributed by atoms with van der Waals surface area (Å²) in [5, 5.41) is 0.0638. The van der Waals surface area contributed by atoms with Crippen molar-refractivity contribution in [1.29, 1.82) is 0 Å². The van der Waals surface area contributed by atoms with E-state index in [4.69, 9.17) is 0 Å². The maximum Gasteiger partial charge on any atom is 0.278 e. The van der Waals surface area contributed by atoms with Gasteiger partial charge in [0.25, 0.3) is 10.0 Å². The lowest BCUT2D eigenvalue weighted by atomic mass is 10.3. The number of H-pyrrole nitrogens is 1. The van der Waals surface area contributed by atoms with E-state index in [1.54, 1.807) is 30.8 Å². The van der Waals surface area contributed by atoms with E-state index >= 15 is 0 Å². The molecule has 2 N–H and O–H groups in total. The van der Waals surface area contributed by atoms with E-state index in [0.29, 0.717) is 11.5 Å². The minimum absolute atomic E-state index is 0.0638. The van der Waals surface area contributed by atoms with E-state index in [0.717, 1.165) is 4.90 Å². The van der Waals surface area contributed by atoms with Crippen LogP contribution < -0.4 is 4.72 Å². The molecule has 0 amide bonds. The minimum Gasteiger partial charge on any atom is -0.332 e. The second-order valence-corrected chi connectivity index (χ2v) is 6.20. The fourth-order valence-corrected chi connectivity index (χ4v) is 2.84. The number of imidazole rings is 1. The molecule has 1 aromatic heterocycles. The Bertz CT molecular complexity index is 633. The maximum atomic E-state index is 12.0. The second kappa shape index (κ2) is 5.03. The van der Waals surface area contributed by atoms with Crippen molar-refractivity contribution >= 4 is 27.5 Å². The number of aromatic nitrogens is 2. The molecule has 1 heterocycles. The lowest BCUT2D eigenvalue weighted by molar-refractivity contribution is 0.598. The fourth-order valence-electron chi connectivity index (χ4n) is 1.40. The molecular weight excluding hydrogens is 270 g/mol. The number of hydrogen-bond acceptors (Lipinski definition) is 4. The maximum absolute atomic E-state index is 12.0. The molecule has 0 atom stereocenters. The van der Waals surface area contributed by atoms with Crippen molar-refractivity contribution in [2.75, 3.05) is 11.0 Å². The smallest absolute Gasteiger partial charge is 0.278 e. The molecule has 7 heteroatoms. The van der Waals surface area contributed by atoms with E-state index in [-0.39, 0.29) is 5.03 Å². The SMILES string of the molecule is CSc1ccc(NS(=O)(=O)c2cnc(C)[nH]2)cc1.